The lowest BCUT2D eigenvalue weighted by Gasteiger charge is -2.40. The molecule has 1 saturated heterocycles. The maximum Gasteiger partial charge on any atom is 0.340 e. The Balaban J connectivity index is 2.44. The minimum atomic E-state index is -1.20. The number of hydrogen-bond acceptors (Lipinski definition) is 2. The quantitative estimate of drug-likeness (QED) is 0.877. The van der Waals surface area contributed by atoms with Crippen LogP contribution in [0.1, 0.15) is 37.0 Å². The van der Waals surface area contributed by atoms with Crippen LogP contribution in [0.4, 0.5) is 10.1 Å². The van der Waals surface area contributed by atoms with Crippen molar-refractivity contribution in [2.45, 2.75) is 32.7 Å². The lowest BCUT2D eigenvalue weighted by molar-refractivity contribution is 0.0692. The summed E-state index contributed by atoms with van der Waals surface area (Å²) in [4.78, 5) is 13.2. The number of anilines is 1. The van der Waals surface area contributed by atoms with Gasteiger partial charge in [0, 0.05) is 12.6 Å². The molecule has 0 spiro atoms. The SMILES string of the molecule is CC1CCCN(c2cccc(F)c2C(=O)O)C1C. The van der Waals surface area contributed by atoms with Crippen LogP contribution in [0.15, 0.2) is 18.2 Å². The molecular weight excluding hydrogens is 233 g/mol. The number of rotatable bonds is 2. The van der Waals surface area contributed by atoms with Crippen LogP contribution in [0.2, 0.25) is 0 Å². The molecule has 1 heterocycles. The Morgan fingerprint density at radius 1 is 1.44 bits per heavy atom. The van der Waals surface area contributed by atoms with Crippen LogP contribution in [0, 0.1) is 11.7 Å². The normalized spacial score (nSPS) is 24.1. The summed E-state index contributed by atoms with van der Waals surface area (Å²) < 4.78 is 13.7. The van der Waals surface area contributed by atoms with Gasteiger partial charge in [-0.2, -0.15) is 0 Å². The van der Waals surface area contributed by atoms with E-state index in [1.165, 1.54) is 6.07 Å². The third-order valence-electron chi connectivity index (χ3n) is 3.89. The van der Waals surface area contributed by atoms with Gasteiger partial charge in [0.25, 0.3) is 0 Å². The Hall–Kier alpha value is -1.58. The third-order valence-corrected chi connectivity index (χ3v) is 3.89. The van der Waals surface area contributed by atoms with Crippen LogP contribution in [0.3, 0.4) is 0 Å². The highest BCUT2D eigenvalue weighted by Gasteiger charge is 2.28. The first kappa shape index (κ1) is 12.9. The molecule has 1 fully saturated rings. The van der Waals surface area contributed by atoms with Crippen molar-refractivity contribution in [1.82, 2.24) is 0 Å². The van der Waals surface area contributed by atoms with Crippen LogP contribution in [-0.2, 0) is 0 Å². The number of halogens is 1. The second-order valence-electron chi connectivity index (χ2n) is 4.99. The molecule has 0 bridgehead atoms. The first-order chi connectivity index (χ1) is 8.52. The predicted octanol–water partition coefficient (Wildman–Crippen LogP) is 3.15. The number of nitrogens with zero attached hydrogens (tertiary/aromatic N) is 1. The second kappa shape index (κ2) is 4.96. The van der Waals surface area contributed by atoms with Gasteiger partial charge in [0.05, 0.1) is 5.69 Å². The van der Waals surface area contributed by atoms with Crippen LogP contribution >= 0.6 is 0 Å². The van der Waals surface area contributed by atoms with Crippen molar-refractivity contribution in [2.75, 3.05) is 11.4 Å². The monoisotopic (exact) mass is 251 g/mol. The van der Waals surface area contributed by atoms with Gasteiger partial charge in [-0.3, -0.25) is 0 Å². The summed E-state index contributed by atoms with van der Waals surface area (Å²) in [5.41, 5.74) is 0.292. The molecule has 1 aliphatic rings. The van der Waals surface area contributed by atoms with E-state index in [1.54, 1.807) is 12.1 Å². The fourth-order valence-corrected chi connectivity index (χ4v) is 2.64. The number of carboxylic acid groups (broad SMARTS) is 1. The van der Waals surface area contributed by atoms with Crippen molar-refractivity contribution in [3.8, 4) is 0 Å². The molecule has 3 nitrogen and oxygen atoms in total. The number of aromatic carboxylic acids is 1. The zero-order valence-electron chi connectivity index (χ0n) is 10.7. The lowest BCUT2D eigenvalue weighted by atomic mass is 9.91. The summed E-state index contributed by atoms with van der Waals surface area (Å²) in [6.07, 6.45) is 2.15. The lowest BCUT2D eigenvalue weighted by Crippen LogP contribution is -2.43. The van der Waals surface area contributed by atoms with Crippen molar-refractivity contribution in [3.63, 3.8) is 0 Å². The van der Waals surface area contributed by atoms with Gasteiger partial charge in [0.15, 0.2) is 0 Å². The number of carbonyl (C=O) groups is 1. The molecule has 98 valence electrons. The van der Waals surface area contributed by atoms with E-state index in [0.29, 0.717) is 11.6 Å². The van der Waals surface area contributed by atoms with E-state index in [9.17, 15) is 9.18 Å². The van der Waals surface area contributed by atoms with E-state index in [-0.39, 0.29) is 11.6 Å². The van der Waals surface area contributed by atoms with Crippen molar-refractivity contribution in [2.24, 2.45) is 5.92 Å². The number of benzene rings is 1. The molecule has 18 heavy (non-hydrogen) atoms. The molecule has 0 aliphatic carbocycles. The fraction of sp³-hybridized carbons (Fsp3) is 0.500. The number of carboxylic acids is 1. The summed E-state index contributed by atoms with van der Waals surface area (Å²) in [6.45, 7) is 5.01. The smallest absolute Gasteiger partial charge is 0.340 e. The number of hydrogen-bond donors (Lipinski definition) is 1. The second-order valence-corrected chi connectivity index (χ2v) is 4.99. The van der Waals surface area contributed by atoms with Crippen LogP contribution in [0.5, 0.6) is 0 Å². The Labute approximate surface area is 106 Å². The molecule has 1 aliphatic heterocycles. The summed E-state index contributed by atoms with van der Waals surface area (Å²) in [6, 6.07) is 4.70. The topological polar surface area (TPSA) is 40.5 Å². The Bertz CT molecular complexity index is 461. The van der Waals surface area contributed by atoms with E-state index in [2.05, 4.69) is 13.8 Å². The zero-order valence-corrected chi connectivity index (χ0v) is 10.7. The first-order valence-electron chi connectivity index (χ1n) is 6.31. The molecule has 2 rings (SSSR count). The molecule has 0 saturated carbocycles. The summed E-state index contributed by atoms with van der Waals surface area (Å²) in [7, 11) is 0. The maximum atomic E-state index is 13.7. The average molecular weight is 251 g/mol. The van der Waals surface area contributed by atoms with E-state index in [4.69, 9.17) is 5.11 Å². The van der Waals surface area contributed by atoms with Crippen molar-refractivity contribution in [1.29, 1.82) is 0 Å². The molecule has 1 N–H and O–H groups in total. The molecule has 0 aromatic heterocycles. The largest absolute Gasteiger partial charge is 0.478 e. The first-order valence-corrected chi connectivity index (χ1v) is 6.31. The van der Waals surface area contributed by atoms with Gasteiger partial charge < -0.3 is 10.0 Å². The summed E-state index contributed by atoms with van der Waals surface area (Å²) in [5.74, 6) is -1.37. The maximum absolute atomic E-state index is 13.7. The molecule has 0 amide bonds. The Morgan fingerprint density at radius 2 is 2.17 bits per heavy atom. The average Bonchev–Trinajstić information content (AvgIpc) is 2.32. The number of piperidine rings is 1. The van der Waals surface area contributed by atoms with E-state index >= 15 is 0 Å². The van der Waals surface area contributed by atoms with Crippen molar-refractivity contribution >= 4 is 11.7 Å². The molecule has 0 radical (unpaired) electrons. The van der Waals surface area contributed by atoms with Gasteiger partial charge in [0.1, 0.15) is 11.4 Å². The molecular formula is C14H18FNO2. The van der Waals surface area contributed by atoms with Gasteiger partial charge in [-0.15, -0.1) is 0 Å². The van der Waals surface area contributed by atoms with Gasteiger partial charge in [-0.1, -0.05) is 13.0 Å². The standard InChI is InChI=1S/C14H18FNO2/c1-9-5-4-8-16(10(9)2)12-7-3-6-11(15)13(12)14(17)18/h3,6-7,9-10H,4-5,8H2,1-2H3,(H,17,18). The minimum Gasteiger partial charge on any atom is -0.478 e. The summed E-state index contributed by atoms with van der Waals surface area (Å²) in [5, 5.41) is 9.16. The minimum absolute atomic E-state index is 0.210. The van der Waals surface area contributed by atoms with Gasteiger partial charge in [-0.25, -0.2) is 9.18 Å². The van der Waals surface area contributed by atoms with Crippen LogP contribution in [-0.4, -0.2) is 23.7 Å². The fourth-order valence-electron chi connectivity index (χ4n) is 2.64. The third kappa shape index (κ3) is 2.19. The van der Waals surface area contributed by atoms with E-state index in [0.717, 1.165) is 19.4 Å². The van der Waals surface area contributed by atoms with E-state index < -0.39 is 11.8 Å². The highest BCUT2D eigenvalue weighted by Crippen LogP contribution is 2.31. The molecule has 2 unspecified atom stereocenters. The van der Waals surface area contributed by atoms with Gasteiger partial charge in [0.2, 0.25) is 0 Å². The predicted molar refractivity (Wildman–Crippen MR) is 68.6 cm³/mol. The molecule has 4 heteroatoms. The Morgan fingerprint density at radius 3 is 2.83 bits per heavy atom. The summed E-state index contributed by atoms with van der Waals surface area (Å²) >= 11 is 0. The van der Waals surface area contributed by atoms with Crippen LogP contribution < -0.4 is 4.90 Å². The Kier molecular flexibility index (Phi) is 3.55. The van der Waals surface area contributed by atoms with Gasteiger partial charge >= 0.3 is 5.97 Å². The molecule has 2 atom stereocenters. The zero-order chi connectivity index (χ0) is 13.3. The van der Waals surface area contributed by atoms with Gasteiger partial charge in [-0.05, 0) is 37.8 Å². The van der Waals surface area contributed by atoms with Crippen molar-refractivity contribution in [3.05, 3.63) is 29.6 Å². The van der Waals surface area contributed by atoms with E-state index in [1.807, 2.05) is 4.90 Å². The highest BCUT2D eigenvalue weighted by atomic mass is 19.1. The molecule has 1 aromatic rings. The highest BCUT2D eigenvalue weighted by molar-refractivity contribution is 5.94. The molecule has 1 aromatic carbocycles. The van der Waals surface area contributed by atoms with Crippen LogP contribution in [0.25, 0.3) is 0 Å². The van der Waals surface area contributed by atoms with Crippen molar-refractivity contribution < 1.29 is 14.3 Å².